The van der Waals surface area contributed by atoms with Gasteiger partial charge in [-0.05, 0) is 0 Å². The van der Waals surface area contributed by atoms with Gasteiger partial charge in [0.05, 0.1) is 0 Å². The van der Waals surface area contributed by atoms with Crippen LogP contribution in [0.3, 0.4) is 0 Å². The van der Waals surface area contributed by atoms with E-state index in [-0.39, 0.29) is 119 Å². The van der Waals surface area contributed by atoms with E-state index >= 15 is 0 Å². The second-order valence-corrected chi connectivity index (χ2v) is 18.8. The molecule has 4 heterocycles. The molecule has 0 saturated carbocycles. The molecule has 0 aromatic rings. The summed E-state index contributed by atoms with van der Waals surface area (Å²) in [5, 5.41) is 58.8. The molecule has 26 N–H and O–H groups in total. The molecule has 4 aliphatic heterocycles. The minimum absolute atomic E-state index is 0. The van der Waals surface area contributed by atoms with Crippen molar-refractivity contribution in [3.8, 4) is 0 Å². The molecule has 2 radical (unpaired) electrons. The summed E-state index contributed by atoms with van der Waals surface area (Å²) < 4.78 is 38.3. The third-order valence-corrected chi connectivity index (χ3v) is 21.8. The van der Waals surface area contributed by atoms with Crippen molar-refractivity contribution >= 4 is 52.9 Å². The molecule has 0 aliphatic carbocycles. The molecule has 42 heavy (non-hydrogen) atoms. The second kappa shape index (κ2) is 26.7. The van der Waals surface area contributed by atoms with Crippen LogP contribution in [0.15, 0.2) is 0 Å². The predicted molar refractivity (Wildman–Crippen MR) is 119 cm³/mol. The molecule has 4 aliphatic rings. The van der Waals surface area contributed by atoms with Crippen LogP contribution in [0, 0.1) is 0 Å². The fraction of sp³-hybridized carbons (Fsp3) is 0.833. The Morgan fingerprint density at radius 3 is 1.26 bits per heavy atom. The zero-order valence-electron chi connectivity index (χ0n) is 21.7. The Morgan fingerprint density at radius 1 is 0.667 bits per heavy atom. The van der Waals surface area contributed by atoms with Gasteiger partial charge in [-0.3, -0.25) is 0 Å². The largest absolute Gasteiger partial charge is 1.00 e. The monoisotopic (exact) mass is 886 g/mol. The van der Waals surface area contributed by atoms with Crippen LogP contribution in [-0.2, 0) is 29.0 Å². The van der Waals surface area contributed by atoms with Crippen molar-refractivity contribution in [1.29, 1.82) is 0 Å². The van der Waals surface area contributed by atoms with E-state index in [1.807, 2.05) is 0 Å². The summed E-state index contributed by atoms with van der Waals surface area (Å²) in [6, 6.07) is 0. The molecule has 4 saturated heterocycles. The first-order valence-electron chi connectivity index (χ1n) is 8.25. The molecule has 254 valence electrons. The van der Waals surface area contributed by atoms with Gasteiger partial charge in [0.25, 0.3) is 0 Å². The number of hydrogen-bond donors (Lipinski definition) is 5. The third kappa shape index (κ3) is 12.7. The minimum Gasteiger partial charge on any atom is -0.870 e. The third-order valence-electron chi connectivity index (χ3n) is 4.54. The van der Waals surface area contributed by atoms with E-state index in [9.17, 15) is 30.0 Å². The molecule has 0 aromatic carbocycles. The van der Waals surface area contributed by atoms with Gasteiger partial charge in [0.2, 0.25) is 0 Å². The molecule has 4 rings (SSSR count). The number of fused-ring (bicyclic) bond motifs is 4. The van der Waals surface area contributed by atoms with Gasteiger partial charge in [0.15, 0.2) is 0 Å². The van der Waals surface area contributed by atoms with Crippen molar-refractivity contribution < 1.29 is 179 Å². The van der Waals surface area contributed by atoms with E-state index in [0.717, 1.165) is 0 Å². The fourth-order valence-corrected chi connectivity index (χ4v) is 23.5. The van der Waals surface area contributed by atoms with Crippen LogP contribution < -0.4 is 64.2 Å². The summed E-state index contributed by atoms with van der Waals surface area (Å²) in [6.45, 7) is -1.52. The summed E-state index contributed by atoms with van der Waals surface area (Å²) in [7, 11) is 0. The van der Waals surface area contributed by atoms with Crippen LogP contribution in [0.2, 0.25) is 0 Å². The van der Waals surface area contributed by atoms with E-state index in [1.54, 1.807) is 0 Å². The summed E-state index contributed by atoms with van der Waals surface area (Å²) in [6.07, 6.45) is -11.5. The van der Waals surface area contributed by atoms with Gasteiger partial charge in [-0.25, -0.2) is 0 Å². The van der Waals surface area contributed by atoms with Gasteiger partial charge >= 0.3 is 234 Å². The number of carbonyl (C=O) groups excluding carboxylic acids is 1. The van der Waals surface area contributed by atoms with E-state index in [1.165, 1.54) is 0 Å². The van der Waals surface area contributed by atoms with E-state index in [4.69, 9.17) is 29.6 Å². The van der Waals surface area contributed by atoms with Gasteiger partial charge in [-0.1, -0.05) is 0 Å². The van der Waals surface area contributed by atoms with Crippen molar-refractivity contribution in [2.45, 2.75) is 48.8 Å². The number of aliphatic carboxylic acids is 2. The Bertz CT molecular complexity index is 658. The van der Waals surface area contributed by atoms with E-state index < -0.39 is 115 Å². The summed E-state index contributed by atoms with van der Waals surface area (Å²) in [5.74, 6) is -3.10. The van der Waals surface area contributed by atoms with Crippen LogP contribution in [0.25, 0.3) is 0 Å². The normalized spacial score (nSPS) is 32.8. The topological polar surface area (TPSA) is 568 Å². The predicted octanol–water partition coefficient (Wildman–Crippen LogP) is -20.6. The zero-order valence-corrected chi connectivity index (χ0v) is 30.8. The van der Waals surface area contributed by atoms with Crippen molar-refractivity contribution in [2.75, 3.05) is 13.2 Å². The SMILES string of the molecule is O.O.O.O.O.O.O.O.O.O.O=C([O-])[C@@H]1[O][Sb]2([O][Sb]34[O][C@H]([C@H](O)CO)[C@H]([O]3)[C@H](C(=O)O)[O]4)[O][C@H]([C@H](O)CO)[C@@H]1[O]2.[Na+].[Na+].[OH-]. The fourth-order valence-electron chi connectivity index (χ4n) is 3.23. The molecular formula is C12H38Na2O26Sb2. The van der Waals surface area contributed by atoms with Gasteiger partial charge in [0, 0.05) is 0 Å². The first-order valence-corrected chi connectivity index (χ1v) is 16.6. The molecule has 4 bridgehead atoms. The first-order chi connectivity index (χ1) is 13.6. The molecule has 30 heteroatoms. The molecule has 0 amide bonds. The Morgan fingerprint density at radius 2 is 0.976 bits per heavy atom. The summed E-state index contributed by atoms with van der Waals surface area (Å²) >= 11 is -10.3. The molecular weight excluding hydrogens is 850 g/mol. The number of hydrogen-bond acceptors (Lipinski definition) is 15. The van der Waals surface area contributed by atoms with Crippen molar-refractivity contribution in [1.82, 2.24) is 0 Å². The Kier molecular flexibility index (Phi) is 44.7. The van der Waals surface area contributed by atoms with Gasteiger partial charge in [-0.15, -0.1) is 0 Å². The smallest absolute Gasteiger partial charge is 0.870 e. The summed E-state index contributed by atoms with van der Waals surface area (Å²) in [4.78, 5) is 22.8. The van der Waals surface area contributed by atoms with Crippen LogP contribution in [0.1, 0.15) is 0 Å². The Balaban J connectivity index is -0.0000000985. The van der Waals surface area contributed by atoms with Crippen LogP contribution >= 0.6 is 0 Å². The average Bonchev–Trinajstić information content (AvgIpc) is 3.42. The number of carbonyl (C=O) groups is 2. The number of rotatable bonds is 8. The molecule has 26 nitrogen and oxygen atoms in total. The Labute approximate surface area is 291 Å². The standard InChI is InChI=1S/2C6H9O7.2Na.11H2O.O.2Sb/c2*7-1-2(8)3(9)4(10)5(11)6(12)13;;;;;;;;;;;;;;;;/h2*2-5,7-8H,1H2,(H,12,13);;;11*1H2;;;/q2*-3;2*+1;;;;;;;;;;;;;2*+3/p-2/t2*2-,3-,4+,5-;;;;;;;;;;;;;;;;/m11................/s1. The number of carboxylic acids is 2. The maximum absolute atomic E-state index is 11.5. The molecule has 4 fully saturated rings. The van der Waals surface area contributed by atoms with Crippen LogP contribution in [0.5, 0.6) is 0 Å². The average molecular weight is 888 g/mol. The van der Waals surface area contributed by atoms with Crippen LogP contribution in [-0.4, -0.2) is 201 Å². The summed E-state index contributed by atoms with van der Waals surface area (Å²) in [5.41, 5.74) is 0. The second-order valence-electron chi connectivity index (χ2n) is 6.47. The van der Waals surface area contributed by atoms with Crippen molar-refractivity contribution in [2.24, 2.45) is 0 Å². The number of aliphatic hydroxyl groups is 4. The van der Waals surface area contributed by atoms with Crippen molar-refractivity contribution in [3.05, 3.63) is 0 Å². The molecule has 10 atom stereocenters. The van der Waals surface area contributed by atoms with Gasteiger partial charge in [0.1, 0.15) is 0 Å². The van der Waals surface area contributed by atoms with Gasteiger partial charge < -0.3 is 60.2 Å². The van der Waals surface area contributed by atoms with E-state index in [0.29, 0.717) is 0 Å². The Hall–Kier alpha value is 1.70. The minimum atomic E-state index is -5.17. The maximum Gasteiger partial charge on any atom is 1.00 e. The van der Waals surface area contributed by atoms with Gasteiger partial charge in [-0.2, -0.15) is 0 Å². The number of aliphatic hydroxyl groups excluding tert-OH is 4. The zero-order chi connectivity index (χ0) is 21.1. The van der Waals surface area contributed by atoms with Crippen molar-refractivity contribution in [3.63, 3.8) is 0 Å². The molecule has 2 unspecified atom stereocenters. The first kappa shape index (κ1) is 70.2. The quantitative estimate of drug-likeness (QED) is 0.141. The maximum atomic E-state index is 11.5. The number of carboxylic acid groups (broad SMARTS) is 2. The molecule has 0 aromatic heterocycles. The molecule has 0 spiro atoms. The van der Waals surface area contributed by atoms with E-state index in [2.05, 4.69) is 0 Å². The van der Waals surface area contributed by atoms with Crippen LogP contribution in [0.4, 0.5) is 0 Å².